The largest absolute Gasteiger partial charge is 0.497 e. The molecular weight excluding hydrogens is 324 g/mol. The first-order chi connectivity index (χ1) is 11.9. The number of hydrogen-bond acceptors (Lipinski definition) is 5. The topological polar surface area (TPSA) is 77.1 Å². The van der Waals surface area contributed by atoms with Gasteiger partial charge in [-0.25, -0.2) is 9.59 Å². The van der Waals surface area contributed by atoms with E-state index in [1.54, 1.807) is 39.3 Å². The molecule has 0 spiro atoms. The lowest BCUT2D eigenvalue weighted by Crippen LogP contribution is -2.46. The second-order valence-corrected chi connectivity index (χ2v) is 5.44. The molecule has 1 N–H and O–H groups in total. The Hall–Kier alpha value is -2.96. The summed E-state index contributed by atoms with van der Waals surface area (Å²) in [5, 5.41) is 2.81. The van der Waals surface area contributed by atoms with E-state index in [9.17, 15) is 9.59 Å². The number of ether oxygens (including phenoxy) is 3. The van der Waals surface area contributed by atoms with Crippen molar-refractivity contribution in [2.45, 2.75) is 13.0 Å². The van der Waals surface area contributed by atoms with E-state index >= 15 is 0 Å². The molecule has 2 rings (SSSR count). The summed E-state index contributed by atoms with van der Waals surface area (Å²) in [7, 11) is 4.65. The fourth-order valence-corrected chi connectivity index (χ4v) is 2.61. The van der Waals surface area contributed by atoms with Crippen LogP contribution < -0.4 is 14.8 Å². The molecule has 0 aliphatic carbocycles. The molecule has 0 saturated heterocycles. The predicted octanol–water partition coefficient (Wildman–Crippen LogP) is 2.40. The van der Waals surface area contributed by atoms with Crippen LogP contribution in [0.2, 0.25) is 0 Å². The number of carbonyl (C=O) groups is 2. The maximum Gasteiger partial charge on any atom is 0.338 e. The number of hydrogen-bond donors (Lipinski definition) is 1. The van der Waals surface area contributed by atoms with Gasteiger partial charge in [-0.05, 0) is 25.1 Å². The summed E-state index contributed by atoms with van der Waals surface area (Å²) in [5.74, 6) is 0.581. The molecule has 0 saturated carbocycles. The van der Waals surface area contributed by atoms with Crippen molar-refractivity contribution in [2.24, 2.45) is 0 Å². The molecule has 25 heavy (non-hydrogen) atoms. The summed E-state index contributed by atoms with van der Waals surface area (Å²) in [6.45, 7) is 5.32. The Morgan fingerprint density at radius 3 is 2.68 bits per heavy atom. The quantitative estimate of drug-likeness (QED) is 0.632. The van der Waals surface area contributed by atoms with Crippen LogP contribution in [0.15, 0.2) is 42.1 Å². The molecule has 7 heteroatoms. The van der Waals surface area contributed by atoms with Crippen LogP contribution in [0.3, 0.4) is 0 Å². The number of esters is 1. The van der Waals surface area contributed by atoms with E-state index in [1.165, 1.54) is 18.1 Å². The Kier molecular flexibility index (Phi) is 5.69. The smallest absolute Gasteiger partial charge is 0.338 e. The summed E-state index contributed by atoms with van der Waals surface area (Å²) in [5.41, 5.74) is 1.44. The van der Waals surface area contributed by atoms with Crippen molar-refractivity contribution in [1.82, 2.24) is 10.2 Å². The number of nitrogens with zero attached hydrogens (tertiary/aromatic N) is 1. The molecule has 7 nitrogen and oxygen atoms in total. The molecular formula is C18H22N2O5. The van der Waals surface area contributed by atoms with Crippen molar-refractivity contribution in [3.63, 3.8) is 0 Å². The average Bonchev–Trinajstić information content (AvgIpc) is 2.63. The third-order valence-electron chi connectivity index (χ3n) is 4.05. The van der Waals surface area contributed by atoms with Gasteiger partial charge < -0.3 is 24.4 Å². The zero-order valence-electron chi connectivity index (χ0n) is 14.8. The molecule has 0 unspecified atom stereocenters. The maximum absolute atomic E-state index is 12.6. The van der Waals surface area contributed by atoms with Gasteiger partial charge in [-0.1, -0.05) is 12.7 Å². The van der Waals surface area contributed by atoms with Gasteiger partial charge in [-0.15, -0.1) is 0 Å². The minimum atomic E-state index is -0.717. The first-order valence-corrected chi connectivity index (χ1v) is 7.69. The summed E-state index contributed by atoms with van der Waals surface area (Å²) in [6, 6.07) is 4.15. The van der Waals surface area contributed by atoms with E-state index in [0.717, 1.165) is 0 Å². The highest BCUT2D eigenvalue weighted by Gasteiger charge is 2.36. The lowest BCUT2D eigenvalue weighted by Gasteiger charge is -2.33. The molecule has 0 radical (unpaired) electrons. The van der Waals surface area contributed by atoms with Crippen LogP contribution in [-0.4, -0.2) is 44.8 Å². The molecule has 134 valence electrons. The monoisotopic (exact) mass is 346 g/mol. The Balaban J connectivity index is 2.58. The molecule has 1 aromatic rings. The number of carbonyl (C=O) groups excluding carboxylic acids is 2. The van der Waals surface area contributed by atoms with Gasteiger partial charge in [0.1, 0.15) is 18.1 Å². The van der Waals surface area contributed by atoms with Crippen molar-refractivity contribution < 1.29 is 23.8 Å². The molecule has 1 aromatic carbocycles. The second kappa shape index (κ2) is 7.74. The molecule has 0 aromatic heterocycles. The molecule has 1 atom stereocenters. The van der Waals surface area contributed by atoms with Crippen LogP contribution in [0, 0.1) is 0 Å². The van der Waals surface area contributed by atoms with Crippen LogP contribution in [0.1, 0.15) is 18.5 Å². The Bertz CT molecular complexity index is 726. The summed E-state index contributed by atoms with van der Waals surface area (Å²) >= 11 is 0. The minimum Gasteiger partial charge on any atom is -0.497 e. The Labute approximate surface area is 146 Å². The number of urea groups is 1. The summed E-state index contributed by atoms with van der Waals surface area (Å²) in [4.78, 5) is 26.2. The minimum absolute atomic E-state index is 0.0786. The highest BCUT2D eigenvalue weighted by atomic mass is 16.5. The van der Waals surface area contributed by atoms with Crippen molar-refractivity contribution in [1.29, 1.82) is 0 Å². The first kappa shape index (κ1) is 18.4. The Morgan fingerprint density at radius 2 is 2.08 bits per heavy atom. The van der Waals surface area contributed by atoms with Crippen LogP contribution in [-0.2, 0) is 9.53 Å². The first-order valence-electron chi connectivity index (χ1n) is 7.69. The molecule has 2 amide bonds. The van der Waals surface area contributed by atoms with E-state index in [0.29, 0.717) is 28.3 Å². The fourth-order valence-electron chi connectivity index (χ4n) is 2.61. The number of benzene rings is 1. The number of rotatable bonds is 6. The van der Waals surface area contributed by atoms with Gasteiger partial charge in [-0.3, -0.25) is 0 Å². The van der Waals surface area contributed by atoms with Gasteiger partial charge in [-0.2, -0.15) is 0 Å². The van der Waals surface area contributed by atoms with E-state index in [4.69, 9.17) is 14.2 Å². The fraction of sp³-hybridized carbons (Fsp3) is 0.333. The van der Waals surface area contributed by atoms with Crippen LogP contribution >= 0.6 is 0 Å². The summed E-state index contributed by atoms with van der Waals surface area (Å²) < 4.78 is 15.9. The standard InChI is InChI=1S/C18H22N2O5/c1-6-9-25-17(21)15-11(2)20(3)18(22)19-16(15)13-10-12(23-4)7-8-14(13)24-5/h6-8,10,16H,1,9H2,2-5H3,(H,19,22)/t16-/m1/s1. The highest BCUT2D eigenvalue weighted by Crippen LogP contribution is 2.37. The maximum atomic E-state index is 12.6. The third kappa shape index (κ3) is 3.60. The van der Waals surface area contributed by atoms with Gasteiger partial charge in [0.05, 0.1) is 25.8 Å². The zero-order valence-corrected chi connectivity index (χ0v) is 14.8. The van der Waals surface area contributed by atoms with Gasteiger partial charge in [0, 0.05) is 18.3 Å². The average molecular weight is 346 g/mol. The van der Waals surface area contributed by atoms with E-state index in [2.05, 4.69) is 11.9 Å². The van der Waals surface area contributed by atoms with Gasteiger partial charge >= 0.3 is 12.0 Å². The SMILES string of the molecule is C=CCOC(=O)C1=C(C)N(C)C(=O)N[C@@H]1c1cc(OC)ccc1OC. The van der Waals surface area contributed by atoms with Crippen molar-refractivity contribution in [3.8, 4) is 11.5 Å². The van der Waals surface area contributed by atoms with Gasteiger partial charge in [0.2, 0.25) is 0 Å². The van der Waals surface area contributed by atoms with Crippen molar-refractivity contribution in [2.75, 3.05) is 27.9 Å². The summed E-state index contributed by atoms with van der Waals surface area (Å²) in [6.07, 6.45) is 1.49. The lowest BCUT2D eigenvalue weighted by molar-refractivity contribution is -0.138. The number of allylic oxidation sites excluding steroid dienone is 1. The van der Waals surface area contributed by atoms with Crippen LogP contribution in [0.25, 0.3) is 0 Å². The Morgan fingerprint density at radius 1 is 1.36 bits per heavy atom. The normalized spacial score (nSPS) is 17.0. The van der Waals surface area contributed by atoms with Gasteiger partial charge in [0.15, 0.2) is 0 Å². The molecule has 0 fully saturated rings. The lowest BCUT2D eigenvalue weighted by atomic mass is 9.94. The molecule has 0 bridgehead atoms. The van der Waals surface area contributed by atoms with Crippen molar-refractivity contribution >= 4 is 12.0 Å². The van der Waals surface area contributed by atoms with E-state index < -0.39 is 12.0 Å². The van der Waals surface area contributed by atoms with E-state index in [-0.39, 0.29) is 12.6 Å². The molecule has 1 aliphatic rings. The molecule has 1 aliphatic heterocycles. The van der Waals surface area contributed by atoms with E-state index in [1.807, 2.05) is 0 Å². The third-order valence-corrected chi connectivity index (χ3v) is 4.05. The number of methoxy groups -OCH3 is 2. The highest BCUT2D eigenvalue weighted by molar-refractivity contribution is 5.95. The number of nitrogens with one attached hydrogen (secondary N) is 1. The van der Waals surface area contributed by atoms with Gasteiger partial charge in [0.25, 0.3) is 0 Å². The zero-order chi connectivity index (χ0) is 18.6. The van der Waals surface area contributed by atoms with Crippen molar-refractivity contribution in [3.05, 3.63) is 47.7 Å². The number of amides is 2. The van der Waals surface area contributed by atoms with Crippen LogP contribution in [0.4, 0.5) is 4.79 Å². The molecule has 1 heterocycles. The predicted molar refractivity (Wildman–Crippen MR) is 92.4 cm³/mol. The second-order valence-electron chi connectivity index (χ2n) is 5.44. The van der Waals surface area contributed by atoms with Crippen LogP contribution in [0.5, 0.6) is 11.5 Å².